The normalized spacial score (nSPS) is 20.6. The number of pyridine rings is 1. The molecule has 162 valence electrons. The highest BCUT2D eigenvalue weighted by Crippen LogP contribution is 2.36. The van der Waals surface area contributed by atoms with E-state index in [-0.39, 0.29) is 23.5 Å². The van der Waals surface area contributed by atoms with E-state index in [4.69, 9.17) is 19.4 Å². The molecular weight excluding hydrogens is 393 g/mol. The molecule has 1 amide bonds. The van der Waals surface area contributed by atoms with Gasteiger partial charge < -0.3 is 19.5 Å². The first kappa shape index (κ1) is 23.1. The maximum Gasteiger partial charge on any atom is 0.490 e. The van der Waals surface area contributed by atoms with Gasteiger partial charge in [0.15, 0.2) is 0 Å². The summed E-state index contributed by atoms with van der Waals surface area (Å²) in [5, 5.41) is 7.12. The van der Waals surface area contributed by atoms with Gasteiger partial charge in [-0.05, 0) is 18.6 Å². The number of likely N-dealkylation sites (tertiary alicyclic amines) is 1. The monoisotopic (exact) mass is 418 g/mol. The van der Waals surface area contributed by atoms with Gasteiger partial charge in [-0.25, -0.2) is 4.79 Å². The third-order valence-corrected chi connectivity index (χ3v) is 4.65. The number of carboxylic acids is 1. The summed E-state index contributed by atoms with van der Waals surface area (Å²) in [6.07, 6.45) is -1.34. The van der Waals surface area contributed by atoms with Gasteiger partial charge in [0.05, 0.1) is 31.5 Å². The lowest BCUT2D eigenvalue weighted by Gasteiger charge is -2.53. The highest BCUT2D eigenvalue weighted by atomic mass is 19.4. The first-order valence-electron chi connectivity index (χ1n) is 9.27. The van der Waals surface area contributed by atoms with Gasteiger partial charge in [-0.2, -0.15) is 13.2 Å². The second-order valence-electron chi connectivity index (χ2n) is 7.43. The van der Waals surface area contributed by atoms with Crippen LogP contribution in [-0.4, -0.2) is 64.4 Å². The van der Waals surface area contributed by atoms with Crippen molar-refractivity contribution in [2.24, 2.45) is 5.92 Å². The minimum atomic E-state index is -5.08. The highest BCUT2D eigenvalue weighted by Gasteiger charge is 2.49. The van der Waals surface area contributed by atoms with Crippen molar-refractivity contribution in [1.82, 2.24) is 9.88 Å². The zero-order valence-electron chi connectivity index (χ0n) is 16.3. The van der Waals surface area contributed by atoms with Crippen LogP contribution in [0.2, 0.25) is 0 Å². The summed E-state index contributed by atoms with van der Waals surface area (Å²) in [6, 6.07) is 5.85. The SMILES string of the molecule is CC(C)C(=O)N1CC2(CC(OCc3ccccn3)CCO2)C1.O=C(O)C(F)(F)F. The summed E-state index contributed by atoms with van der Waals surface area (Å²) in [6.45, 7) is 6.52. The van der Waals surface area contributed by atoms with Crippen LogP contribution in [0.3, 0.4) is 0 Å². The Morgan fingerprint density at radius 2 is 2.03 bits per heavy atom. The van der Waals surface area contributed by atoms with Crippen molar-refractivity contribution in [3.8, 4) is 0 Å². The van der Waals surface area contributed by atoms with Crippen LogP contribution in [0.5, 0.6) is 0 Å². The van der Waals surface area contributed by atoms with Crippen LogP contribution in [0, 0.1) is 5.92 Å². The van der Waals surface area contributed by atoms with Crippen molar-refractivity contribution in [3.63, 3.8) is 0 Å². The first-order chi connectivity index (χ1) is 13.5. The number of carbonyl (C=O) groups is 2. The summed E-state index contributed by atoms with van der Waals surface area (Å²) < 4.78 is 43.7. The molecule has 29 heavy (non-hydrogen) atoms. The van der Waals surface area contributed by atoms with Gasteiger partial charge in [0.2, 0.25) is 5.91 Å². The molecule has 1 unspecified atom stereocenters. The molecule has 3 heterocycles. The predicted molar refractivity (Wildman–Crippen MR) is 95.8 cm³/mol. The predicted octanol–water partition coefficient (Wildman–Crippen LogP) is 2.65. The van der Waals surface area contributed by atoms with Crippen LogP contribution in [0.25, 0.3) is 0 Å². The van der Waals surface area contributed by atoms with Gasteiger partial charge in [0.1, 0.15) is 5.60 Å². The average Bonchev–Trinajstić information content (AvgIpc) is 2.64. The highest BCUT2D eigenvalue weighted by molar-refractivity contribution is 5.79. The summed E-state index contributed by atoms with van der Waals surface area (Å²) >= 11 is 0. The van der Waals surface area contributed by atoms with E-state index in [0.717, 1.165) is 18.5 Å². The van der Waals surface area contributed by atoms with E-state index < -0.39 is 12.1 Å². The Morgan fingerprint density at radius 1 is 1.38 bits per heavy atom. The number of halogens is 3. The molecule has 1 N–H and O–H groups in total. The van der Waals surface area contributed by atoms with E-state index in [2.05, 4.69) is 4.98 Å². The van der Waals surface area contributed by atoms with E-state index in [1.807, 2.05) is 36.9 Å². The van der Waals surface area contributed by atoms with Gasteiger partial charge in [0, 0.05) is 25.1 Å². The number of alkyl halides is 3. The van der Waals surface area contributed by atoms with Crippen LogP contribution in [0.15, 0.2) is 24.4 Å². The number of aliphatic carboxylic acids is 1. The second kappa shape index (κ2) is 9.53. The quantitative estimate of drug-likeness (QED) is 0.809. The van der Waals surface area contributed by atoms with Gasteiger partial charge >= 0.3 is 12.1 Å². The standard InChI is InChI=1S/C17H24N2O3.C2HF3O2/c1-13(2)16(20)19-11-17(12-19)9-15(6-8-22-17)21-10-14-5-3-4-7-18-14;3-2(4,5)1(6)7/h3-5,7,13,15H,6,8-12H2,1-2H3;(H,6,7). The van der Waals surface area contributed by atoms with Crippen molar-refractivity contribution in [3.05, 3.63) is 30.1 Å². The molecule has 1 aromatic heterocycles. The van der Waals surface area contributed by atoms with Gasteiger partial charge in [0.25, 0.3) is 0 Å². The van der Waals surface area contributed by atoms with Gasteiger partial charge in [-0.1, -0.05) is 19.9 Å². The molecule has 2 aliphatic rings. The molecule has 1 spiro atoms. The van der Waals surface area contributed by atoms with Gasteiger partial charge in [-0.3, -0.25) is 9.78 Å². The fraction of sp³-hybridized carbons (Fsp3) is 0.632. The third-order valence-electron chi connectivity index (χ3n) is 4.65. The number of aromatic nitrogens is 1. The molecule has 2 aliphatic heterocycles. The molecule has 1 aromatic rings. The number of ether oxygens (including phenoxy) is 2. The number of amides is 1. The van der Waals surface area contributed by atoms with Crippen molar-refractivity contribution in [2.75, 3.05) is 19.7 Å². The minimum absolute atomic E-state index is 0.0529. The zero-order chi connectivity index (χ0) is 21.7. The summed E-state index contributed by atoms with van der Waals surface area (Å²) in [5.41, 5.74) is 0.769. The molecular formula is C19H25F3N2O5. The van der Waals surface area contributed by atoms with Crippen molar-refractivity contribution < 1.29 is 37.3 Å². The van der Waals surface area contributed by atoms with Crippen LogP contribution < -0.4 is 0 Å². The number of carboxylic acid groups (broad SMARTS) is 1. The van der Waals surface area contributed by atoms with Crippen LogP contribution in [-0.2, 0) is 25.7 Å². The molecule has 0 aliphatic carbocycles. The fourth-order valence-electron chi connectivity index (χ4n) is 3.20. The minimum Gasteiger partial charge on any atom is -0.475 e. The average molecular weight is 418 g/mol. The summed E-state index contributed by atoms with van der Waals surface area (Å²) in [5.74, 6) is -2.49. The molecule has 0 saturated carbocycles. The third kappa shape index (κ3) is 6.67. The maximum atomic E-state index is 12.0. The summed E-state index contributed by atoms with van der Waals surface area (Å²) in [7, 11) is 0. The van der Waals surface area contributed by atoms with Gasteiger partial charge in [-0.15, -0.1) is 0 Å². The number of hydrogen-bond acceptors (Lipinski definition) is 5. The van der Waals surface area contributed by atoms with E-state index >= 15 is 0 Å². The topological polar surface area (TPSA) is 89.0 Å². The van der Waals surface area contributed by atoms with Crippen molar-refractivity contribution in [1.29, 1.82) is 0 Å². The first-order valence-corrected chi connectivity index (χ1v) is 9.27. The molecule has 7 nitrogen and oxygen atoms in total. The van der Waals surface area contributed by atoms with Crippen molar-refractivity contribution in [2.45, 2.75) is 51.2 Å². The number of rotatable bonds is 4. The Hall–Kier alpha value is -2.20. The van der Waals surface area contributed by atoms with E-state index in [9.17, 15) is 18.0 Å². The molecule has 3 rings (SSSR count). The Bertz CT molecular complexity index is 691. The number of carbonyl (C=O) groups excluding carboxylic acids is 1. The van der Waals surface area contributed by atoms with Crippen LogP contribution in [0.4, 0.5) is 13.2 Å². The lowest BCUT2D eigenvalue weighted by molar-refractivity contribution is -0.204. The Labute approximate surface area is 166 Å². The van der Waals surface area contributed by atoms with Crippen LogP contribution in [0.1, 0.15) is 32.4 Å². The maximum absolute atomic E-state index is 12.0. The molecule has 0 aromatic carbocycles. The van der Waals surface area contributed by atoms with E-state index in [0.29, 0.717) is 26.3 Å². The molecule has 0 radical (unpaired) electrons. The Kier molecular flexibility index (Phi) is 7.59. The number of hydrogen-bond donors (Lipinski definition) is 1. The second-order valence-corrected chi connectivity index (χ2v) is 7.43. The van der Waals surface area contributed by atoms with Crippen molar-refractivity contribution >= 4 is 11.9 Å². The summed E-state index contributed by atoms with van der Waals surface area (Å²) in [4.78, 5) is 27.0. The molecule has 2 fully saturated rings. The zero-order valence-corrected chi connectivity index (χ0v) is 16.3. The molecule has 2 saturated heterocycles. The molecule has 0 bridgehead atoms. The van der Waals surface area contributed by atoms with E-state index in [1.54, 1.807) is 6.20 Å². The Balaban J connectivity index is 0.000000370. The molecule has 1 atom stereocenters. The largest absolute Gasteiger partial charge is 0.490 e. The van der Waals surface area contributed by atoms with Crippen LogP contribution >= 0.6 is 0 Å². The number of nitrogens with zero attached hydrogens (tertiary/aromatic N) is 2. The fourth-order valence-corrected chi connectivity index (χ4v) is 3.20. The lowest BCUT2D eigenvalue weighted by atomic mass is 9.84. The van der Waals surface area contributed by atoms with E-state index in [1.165, 1.54) is 0 Å². The smallest absolute Gasteiger partial charge is 0.475 e. The Morgan fingerprint density at radius 3 is 2.55 bits per heavy atom. The molecule has 10 heteroatoms. The lowest BCUT2D eigenvalue weighted by Crippen LogP contribution is -2.67.